The lowest BCUT2D eigenvalue weighted by molar-refractivity contribution is 0.0952. The molecule has 0 saturated heterocycles. The van der Waals surface area contributed by atoms with Gasteiger partial charge in [0.25, 0.3) is 5.91 Å². The third kappa shape index (κ3) is 4.15. The Balaban J connectivity index is 1.82. The average molecular weight is 403 g/mol. The van der Waals surface area contributed by atoms with Crippen molar-refractivity contribution in [1.82, 2.24) is 5.43 Å². The van der Waals surface area contributed by atoms with E-state index in [0.29, 0.717) is 32.7 Å². The number of hydrogen-bond donors (Lipinski definition) is 1. The van der Waals surface area contributed by atoms with E-state index in [1.165, 1.54) is 20.4 Å². The van der Waals surface area contributed by atoms with Crippen LogP contribution in [0, 0.1) is 0 Å². The lowest BCUT2D eigenvalue weighted by Gasteiger charge is -2.09. The van der Waals surface area contributed by atoms with Crippen molar-refractivity contribution in [2.45, 2.75) is 0 Å². The van der Waals surface area contributed by atoms with Gasteiger partial charge >= 0.3 is 0 Å². The highest BCUT2D eigenvalue weighted by atomic mass is 35.5. The molecule has 0 saturated carbocycles. The number of hydrogen-bond acceptors (Lipinski definition) is 4. The predicted molar refractivity (Wildman–Crippen MR) is 109 cm³/mol. The fourth-order valence-electron chi connectivity index (χ4n) is 2.64. The fourth-order valence-corrected chi connectivity index (χ4v) is 3.30. The maximum Gasteiger partial charge on any atom is 0.275 e. The molecule has 0 radical (unpaired) electrons. The number of carbonyl (C=O) groups is 1. The van der Waals surface area contributed by atoms with Gasteiger partial charge in [-0.05, 0) is 40.6 Å². The van der Waals surface area contributed by atoms with Crippen LogP contribution in [0.3, 0.4) is 0 Å². The Hall–Kier alpha value is -2.76. The van der Waals surface area contributed by atoms with Crippen molar-refractivity contribution >= 4 is 46.1 Å². The third-order valence-electron chi connectivity index (χ3n) is 3.92. The van der Waals surface area contributed by atoms with Gasteiger partial charge in [0.2, 0.25) is 0 Å². The summed E-state index contributed by atoms with van der Waals surface area (Å²) in [5.41, 5.74) is 3.50. The van der Waals surface area contributed by atoms with Crippen LogP contribution in [-0.4, -0.2) is 26.3 Å². The molecule has 3 aromatic carbocycles. The average Bonchev–Trinajstić information content (AvgIpc) is 2.66. The van der Waals surface area contributed by atoms with Crippen molar-refractivity contribution in [2.24, 2.45) is 5.10 Å². The van der Waals surface area contributed by atoms with Crippen molar-refractivity contribution in [3.63, 3.8) is 0 Å². The molecular formula is C20H16Cl2N2O3. The summed E-state index contributed by atoms with van der Waals surface area (Å²) in [4.78, 5) is 12.5. The zero-order valence-electron chi connectivity index (χ0n) is 14.6. The summed E-state index contributed by atoms with van der Waals surface area (Å²) in [6.07, 6.45) is 1.45. The minimum absolute atomic E-state index is 0.356. The van der Waals surface area contributed by atoms with Crippen LogP contribution in [0.2, 0.25) is 10.0 Å². The molecule has 27 heavy (non-hydrogen) atoms. The van der Waals surface area contributed by atoms with Gasteiger partial charge < -0.3 is 9.47 Å². The van der Waals surface area contributed by atoms with E-state index < -0.39 is 0 Å². The Kier molecular flexibility index (Phi) is 5.84. The second-order valence-electron chi connectivity index (χ2n) is 5.62. The zero-order valence-corrected chi connectivity index (χ0v) is 16.1. The SMILES string of the molecule is COc1cc2ccccc2cc1C(=O)NN=Cc1cc(Cl)c(OC)c(Cl)c1. The number of benzene rings is 3. The highest BCUT2D eigenvalue weighted by Crippen LogP contribution is 2.33. The monoisotopic (exact) mass is 402 g/mol. The van der Waals surface area contributed by atoms with E-state index in [4.69, 9.17) is 32.7 Å². The van der Waals surface area contributed by atoms with Crippen molar-refractivity contribution in [1.29, 1.82) is 0 Å². The number of rotatable bonds is 5. The van der Waals surface area contributed by atoms with E-state index >= 15 is 0 Å². The van der Waals surface area contributed by atoms with Gasteiger partial charge in [-0.3, -0.25) is 4.79 Å². The fraction of sp³-hybridized carbons (Fsp3) is 0.100. The maximum atomic E-state index is 12.5. The van der Waals surface area contributed by atoms with Crippen LogP contribution in [0.25, 0.3) is 10.8 Å². The van der Waals surface area contributed by atoms with Crippen molar-refractivity contribution in [3.05, 3.63) is 69.7 Å². The second-order valence-corrected chi connectivity index (χ2v) is 6.43. The Morgan fingerprint density at radius 2 is 1.63 bits per heavy atom. The number of ether oxygens (including phenoxy) is 2. The molecule has 1 N–H and O–H groups in total. The standard InChI is InChI=1S/C20H16Cl2N2O3/c1-26-18-10-14-6-4-3-5-13(14)9-15(18)20(25)24-23-11-12-7-16(21)19(27-2)17(22)8-12/h3-11H,1-2H3,(H,24,25). The lowest BCUT2D eigenvalue weighted by atomic mass is 10.1. The van der Waals surface area contributed by atoms with Crippen molar-refractivity contribution in [3.8, 4) is 11.5 Å². The molecule has 0 atom stereocenters. The Morgan fingerprint density at radius 1 is 1.00 bits per heavy atom. The smallest absolute Gasteiger partial charge is 0.275 e. The molecule has 0 fully saturated rings. The minimum atomic E-state index is -0.389. The Labute approximate surface area is 166 Å². The number of amides is 1. The molecule has 0 heterocycles. The van der Waals surface area contributed by atoms with Crippen LogP contribution in [0.5, 0.6) is 11.5 Å². The molecule has 3 aromatic rings. The first-order chi connectivity index (χ1) is 13.0. The summed E-state index contributed by atoms with van der Waals surface area (Å²) in [5, 5.41) is 6.60. The lowest BCUT2D eigenvalue weighted by Crippen LogP contribution is -2.18. The van der Waals surface area contributed by atoms with Crippen LogP contribution < -0.4 is 14.9 Å². The summed E-state index contributed by atoms with van der Waals surface area (Å²) in [5.74, 6) is 0.469. The summed E-state index contributed by atoms with van der Waals surface area (Å²) >= 11 is 12.2. The minimum Gasteiger partial charge on any atom is -0.496 e. The van der Waals surface area contributed by atoms with Crippen molar-refractivity contribution < 1.29 is 14.3 Å². The second kappa shape index (κ2) is 8.29. The number of hydrazone groups is 1. The van der Waals surface area contributed by atoms with E-state index in [-0.39, 0.29) is 5.91 Å². The Morgan fingerprint density at radius 3 is 2.22 bits per heavy atom. The summed E-state index contributed by atoms with van der Waals surface area (Å²) in [6, 6.07) is 14.6. The first-order valence-corrected chi connectivity index (χ1v) is 8.72. The molecule has 1 amide bonds. The van der Waals surface area contributed by atoms with Crippen LogP contribution in [0.1, 0.15) is 15.9 Å². The highest BCUT2D eigenvalue weighted by molar-refractivity contribution is 6.37. The molecule has 5 nitrogen and oxygen atoms in total. The number of nitrogens with one attached hydrogen (secondary N) is 1. The molecule has 0 aliphatic rings. The zero-order chi connectivity index (χ0) is 19.4. The van der Waals surface area contributed by atoms with E-state index in [1.54, 1.807) is 18.2 Å². The normalized spacial score (nSPS) is 11.0. The van der Waals surface area contributed by atoms with Crippen molar-refractivity contribution in [2.75, 3.05) is 14.2 Å². The number of nitrogens with zero attached hydrogens (tertiary/aromatic N) is 1. The van der Waals surface area contributed by atoms with E-state index in [9.17, 15) is 4.79 Å². The van der Waals surface area contributed by atoms with Crippen LogP contribution in [0.4, 0.5) is 0 Å². The highest BCUT2D eigenvalue weighted by Gasteiger charge is 2.13. The summed E-state index contributed by atoms with van der Waals surface area (Å²) in [7, 11) is 3.00. The number of carbonyl (C=O) groups excluding carboxylic acids is 1. The van der Waals surface area contributed by atoms with Gasteiger partial charge in [-0.1, -0.05) is 47.5 Å². The van der Waals surface area contributed by atoms with Gasteiger partial charge in [-0.15, -0.1) is 0 Å². The van der Waals surface area contributed by atoms with E-state index in [2.05, 4.69) is 10.5 Å². The third-order valence-corrected chi connectivity index (χ3v) is 4.48. The Bertz CT molecular complexity index is 1010. The molecule has 3 rings (SSSR count). The van der Waals surface area contributed by atoms with Crippen LogP contribution >= 0.6 is 23.2 Å². The first kappa shape index (κ1) is 19.0. The topological polar surface area (TPSA) is 59.9 Å². The quantitative estimate of drug-likeness (QED) is 0.486. The van der Waals surface area contributed by atoms with Gasteiger partial charge in [0, 0.05) is 0 Å². The molecule has 138 valence electrons. The predicted octanol–water partition coefficient (Wildman–Crippen LogP) is 4.93. The molecule has 0 aromatic heterocycles. The molecular weight excluding hydrogens is 387 g/mol. The molecule has 0 aliphatic carbocycles. The summed E-state index contributed by atoms with van der Waals surface area (Å²) in [6.45, 7) is 0. The number of fused-ring (bicyclic) bond motifs is 1. The van der Waals surface area contributed by atoms with Crippen LogP contribution in [-0.2, 0) is 0 Å². The largest absolute Gasteiger partial charge is 0.496 e. The number of halogens is 2. The molecule has 0 unspecified atom stereocenters. The van der Waals surface area contributed by atoms with E-state index in [1.807, 2.05) is 30.3 Å². The van der Waals surface area contributed by atoms with Crippen LogP contribution in [0.15, 0.2) is 53.6 Å². The van der Waals surface area contributed by atoms with E-state index in [0.717, 1.165) is 10.8 Å². The summed E-state index contributed by atoms with van der Waals surface area (Å²) < 4.78 is 10.4. The molecule has 7 heteroatoms. The van der Waals surface area contributed by atoms with Gasteiger partial charge in [0.05, 0.1) is 36.0 Å². The van der Waals surface area contributed by atoms with Gasteiger partial charge in [0.1, 0.15) is 5.75 Å². The first-order valence-electron chi connectivity index (χ1n) is 7.96. The van der Waals surface area contributed by atoms with Gasteiger partial charge in [0.15, 0.2) is 5.75 Å². The maximum absolute atomic E-state index is 12.5. The number of methoxy groups -OCH3 is 2. The molecule has 0 aliphatic heterocycles. The van der Waals surface area contributed by atoms with Gasteiger partial charge in [-0.2, -0.15) is 5.10 Å². The van der Waals surface area contributed by atoms with Gasteiger partial charge in [-0.25, -0.2) is 5.43 Å². The molecule has 0 bridgehead atoms. The molecule has 0 spiro atoms.